The average molecular weight is 438 g/mol. The fourth-order valence-corrected chi connectivity index (χ4v) is 3.48. The fourth-order valence-electron chi connectivity index (χ4n) is 2.57. The van der Waals surface area contributed by atoms with Gasteiger partial charge in [-0.05, 0) is 52.7 Å². The summed E-state index contributed by atoms with van der Waals surface area (Å²) < 4.78 is 12.2. The van der Waals surface area contributed by atoms with Crippen LogP contribution in [0.5, 0.6) is 5.75 Å². The minimum absolute atomic E-state index is 0.0113. The Balaban J connectivity index is 2.17. The van der Waals surface area contributed by atoms with Crippen LogP contribution in [0.4, 0.5) is 0 Å². The molecule has 1 heterocycles. The Labute approximate surface area is 162 Å². The van der Waals surface area contributed by atoms with E-state index in [0.717, 1.165) is 5.56 Å². The van der Waals surface area contributed by atoms with Crippen molar-refractivity contribution in [1.82, 2.24) is 0 Å². The van der Waals surface area contributed by atoms with Crippen LogP contribution in [0.15, 0.2) is 50.1 Å². The minimum Gasteiger partial charge on any atom is -0.491 e. The number of hydrogen-bond acceptors (Lipinski definition) is 4. The number of aryl methyl sites for hydroxylation is 1. The van der Waals surface area contributed by atoms with Crippen LogP contribution < -0.4 is 10.2 Å². The van der Waals surface area contributed by atoms with E-state index in [1.54, 1.807) is 18.2 Å². The highest BCUT2D eigenvalue weighted by Gasteiger charge is 2.17. The smallest absolute Gasteiger partial charge is 0.306 e. The van der Waals surface area contributed by atoms with Crippen molar-refractivity contribution in [2.24, 2.45) is 0 Å². The van der Waals surface area contributed by atoms with Crippen molar-refractivity contribution in [2.45, 2.75) is 13.3 Å². The molecule has 0 saturated heterocycles. The summed E-state index contributed by atoms with van der Waals surface area (Å²) in [6, 6.07) is 10.0. The molecule has 134 valence electrons. The van der Waals surface area contributed by atoms with Crippen LogP contribution in [-0.2, 0) is 4.79 Å². The van der Waals surface area contributed by atoms with Gasteiger partial charge in [0.2, 0.25) is 0 Å². The number of hydrogen-bond donors (Lipinski definition) is 1. The van der Waals surface area contributed by atoms with E-state index < -0.39 is 5.97 Å². The van der Waals surface area contributed by atoms with Gasteiger partial charge in [-0.2, -0.15) is 0 Å². The number of benzene rings is 2. The van der Waals surface area contributed by atoms with E-state index in [9.17, 15) is 9.59 Å². The molecule has 0 spiro atoms. The van der Waals surface area contributed by atoms with Crippen molar-refractivity contribution < 1.29 is 19.1 Å². The third-order valence-corrected chi connectivity index (χ3v) is 4.61. The zero-order chi connectivity index (χ0) is 18.8. The number of ether oxygens (including phenoxy) is 1. The van der Waals surface area contributed by atoms with Crippen molar-refractivity contribution in [1.29, 1.82) is 0 Å². The largest absolute Gasteiger partial charge is 0.491 e. The first-order valence-electron chi connectivity index (χ1n) is 7.74. The molecule has 0 bridgehead atoms. The SMILES string of the molecule is Cc1cc(Br)c(OCCC(=O)O)c(-c2cc(=O)c3cccc(Cl)c3o2)c1. The van der Waals surface area contributed by atoms with Gasteiger partial charge in [0.25, 0.3) is 0 Å². The first-order chi connectivity index (χ1) is 12.4. The second kappa shape index (κ2) is 7.51. The topological polar surface area (TPSA) is 76.7 Å². The lowest BCUT2D eigenvalue weighted by Crippen LogP contribution is -2.07. The molecule has 0 radical (unpaired) electrons. The van der Waals surface area contributed by atoms with Gasteiger partial charge in [-0.25, -0.2) is 0 Å². The first-order valence-corrected chi connectivity index (χ1v) is 8.91. The maximum absolute atomic E-state index is 12.5. The third-order valence-electron chi connectivity index (χ3n) is 3.72. The van der Waals surface area contributed by atoms with E-state index in [-0.39, 0.29) is 18.5 Å². The van der Waals surface area contributed by atoms with E-state index in [0.29, 0.717) is 37.5 Å². The van der Waals surface area contributed by atoms with Crippen LogP contribution in [0.2, 0.25) is 5.02 Å². The normalized spacial score (nSPS) is 10.9. The monoisotopic (exact) mass is 436 g/mol. The van der Waals surface area contributed by atoms with E-state index in [1.807, 2.05) is 19.1 Å². The van der Waals surface area contributed by atoms with E-state index >= 15 is 0 Å². The van der Waals surface area contributed by atoms with Gasteiger partial charge in [0.05, 0.1) is 33.5 Å². The molecular weight excluding hydrogens is 424 g/mol. The highest BCUT2D eigenvalue weighted by Crippen LogP contribution is 2.38. The number of para-hydroxylation sites is 1. The van der Waals surface area contributed by atoms with Crippen molar-refractivity contribution in [3.63, 3.8) is 0 Å². The summed E-state index contributed by atoms with van der Waals surface area (Å²) in [5, 5.41) is 9.54. The van der Waals surface area contributed by atoms with Crippen molar-refractivity contribution >= 4 is 44.5 Å². The van der Waals surface area contributed by atoms with Gasteiger partial charge in [0.1, 0.15) is 11.5 Å². The molecule has 1 aromatic heterocycles. The molecule has 7 heteroatoms. The molecule has 0 atom stereocenters. The number of fused-ring (bicyclic) bond motifs is 1. The average Bonchev–Trinajstić information content (AvgIpc) is 2.57. The van der Waals surface area contributed by atoms with Crippen LogP contribution in [0.1, 0.15) is 12.0 Å². The molecule has 5 nitrogen and oxygen atoms in total. The molecule has 3 aromatic rings. The van der Waals surface area contributed by atoms with Gasteiger partial charge in [-0.1, -0.05) is 17.7 Å². The van der Waals surface area contributed by atoms with Crippen LogP contribution in [0.3, 0.4) is 0 Å². The summed E-state index contributed by atoms with van der Waals surface area (Å²) in [4.78, 5) is 23.2. The molecule has 26 heavy (non-hydrogen) atoms. The Morgan fingerprint density at radius 1 is 1.31 bits per heavy atom. The lowest BCUT2D eigenvalue weighted by atomic mass is 10.1. The van der Waals surface area contributed by atoms with Crippen LogP contribution in [0.25, 0.3) is 22.3 Å². The third kappa shape index (κ3) is 3.76. The van der Waals surface area contributed by atoms with E-state index in [4.69, 9.17) is 25.9 Å². The molecule has 0 amide bonds. The van der Waals surface area contributed by atoms with Crippen molar-refractivity contribution in [3.05, 3.63) is 61.7 Å². The molecule has 0 aliphatic carbocycles. The van der Waals surface area contributed by atoms with E-state index in [1.165, 1.54) is 6.07 Å². The standard InChI is InChI=1S/C19H14BrClO5/c1-10-7-12(18(13(20)8-10)25-6-5-17(23)24)16-9-15(22)11-3-2-4-14(21)19(11)26-16/h2-4,7-9H,5-6H2,1H3,(H,23,24). The Morgan fingerprint density at radius 2 is 2.08 bits per heavy atom. The predicted octanol–water partition coefficient (Wildman–Crippen LogP) is 5.04. The molecule has 2 aromatic carbocycles. The summed E-state index contributed by atoms with van der Waals surface area (Å²) in [6.45, 7) is 1.88. The number of halogens is 2. The summed E-state index contributed by atoms with van der Waals surface area (Å²) in [5.41, 5.74) is 1.53. The fraction of sp³-hybridized carbons (Fsp3) is 0.158. The molecule has 1 N–H and O–H groups in total. The molecule has 0 fully saturated rings. The number of aliphatic carboxylic acids is 1. The Hall–Kier alpha value is -2.31. The highest BCUT2D eigenvalue weighted by atomic mass is 79.9. The zero-order valence-corrected chi connectivity index (χ0v) is 16.1. The van der Waals surface area contributed by atoms with Gasteiger partial charge in [-0.15, -0.1) is 0 Å². The van der Waals surface area contributed by atoms with Crippen LogP contribution in [0, 0.1) is 6.92 Å². The second-order valence-electron chi connectivity index (χ2n) is 5.71. The van der Waals surface area contributed by atoms with Gasteiger partial charge >= 0.3 is 5.97 Å². The maximum Gasteiger partial charge on any atom is 0.306 e. The lowest BCUT2D eigenvalue weighted by Gasteiger charge is -2.14. The quantitative estimate of drug-likeness (QED) is 0.605. The molecule has 0 aliphatic heterocycles. The Bertz CT molecular complexity index is 1060. The molecule has 0 saturated carbocycles. The summed E-state index contributed by atoms with van der Waals surface area (Å²) >= 11 is 9.60. The highest BCUT2D eigenvalue weighted by molar-refractivity contribution is 9.10. The summed E-state index contributed by atoms with van der Waals surface area (Å²) in [6.07, 6.45) is -0.146. The molecular formula is C19H14BrClO5. The van der Waals surface area contributed by atoms with Gasteiger partial charge in [0, 0.05) is 6.07 Å². The molecule has 0 aliphatic rings. The summed E-state index contributed by atoms with van der Waals surface area (Å²) in [7, 11) is 0. The summed E-state index contributed by atoms with van der Waals surface area (Å²) in [5.74, 6) is -0.254. The predicted molar refractivity (Wildman–Crippen MR) is 103 cm³/mol. The van der Waals surface area contributed by atoms with Gasteiger partial charge in [-0.3, -0.25) is 9.59 Å². The maximum atomic E-state index is 12.5. The number of carbonyl (C=O) groups is 1. The van der Waals surface area contributed by atoms with E-state index in [2.05, 4.69) is 15.9 Å². The van der Waals surface area contributed by atoms with Crippen molar-refractivity contribution in [2.75, 3.05) is 6.61 Å². The van der Waals surface area contributed by atoms with Gasteiger partial charge in [0.15, 0.2) is 11.0 Å². The number of carboxylic acid groups (broad SMARTS) is 1. The molecule has 0 unspecified atom stereocenters. The van der Waals surface area contributed by atoms with Crippen LogP contribution >= 0.6 is 27.5 Å². The second-order valence-corrected chi connectivity index (χ2v) is 6.97. The van der Waals surface area contributed by atoms with Crippen molar-refractivity contribution in [3.8, 4) is 17.1 Å². The van der Waals surface area contributed by atoms with Gasteiger partial charge < -0.3 is 14.3 Å². The zero-order valence-electron chi connectivity index (χ0n) is 13.7. The Morgan fingerprint density at radius 3 is 2.81 bits per heavy atom. The van der Waals surface area contributed by atoms with Crippen LogP contribution in [-0.4, -0.2) is 17.7 Å². The number of rotatable bonds is 5. The minimum atomic E-state index is -0.959. The first kappa shape index (κ1) is 18.5. The lowest BCUT2D eigenvalue weighted by molar-refractivity contribution is -0.137. The molecule has 3 rings (SSSR count). The Kier molecular flexibility index (Phi) is 5.34. The number of carboxylic acids is 1.